The first-order chi connectivity index (χ1) is 14.2. The molecule has 0 aliphatic carbocycles. The number of rotatable bonds is 4. The zero-order valence-corrected chi connectivity index (χ0v) is 17.0. The largest absolute Gasteiger partial charge is 0.378 e. The van der Waals surface area contributed by atoms with E-state index in [4.69, 9.17) is 4.74 Å². The van der Waals surface area contributed by atoms with E-state index in [0.717, 1.165) is 65.0 Å². The zero-order chi connectivity index (χ0) is 20.1. The van der Waals surface area contributed by atoms with Gasteiger partial charge in [0.1, 0.15) is 5.82 Å². The molecule has 0 radical (unpaired) electrons. The summed E-state index contributed by atoms with van der Waals surface area (Å²) in [6.45, 7) is 6.22. The number of nitrogens with zero attached hydrogens (tertiary/aromatic N) is 5. The molecule has 0 saturated carbocycles. The molecule has 1 aromatic heterocycles. The number of likely N-dealkylation sites (tertiary alicyclic amines) is 2. The molecule has 3 aliphatic heterocycles. The van der Waals surface area contributed by atoms with Crippen LogP contribution in [0.1, 0.15) is 31.5 Å². The summed E-state index contributed by atoms with van der Waals surface area (Å²) in [4.78, 5) is 40.1. The van der Waals surface area contributed by atoms with Crippen LogP contribution >= 0.6 is 0 Å². The van der Waals surface area contributed by atoms with Gasteiger partial charge in [0.25, 0.3) is 0 Å². The number of piperidine rings is 2. The first kappa shape index (κ1) is 20.2. The number of hydrogen-bond acceptors (Lipinski definition) is 6. The fourth-order valence-electron chi connectivity index (χ4n) is 4.73. The topological polar surface area (TPSA) is 78.9 Å². The van der Waals surface area contributed by atoms with E-state index in [1.54, 1.807) is 18.5 Å². The molecule has 29 heavy (non-hydrogen) atoms. The lowest BCUT2D eigenvalue weighted by atomic mass is 9.92. The van der Waals surface area contributed by atoms with Crippen LogP contribution in [0.4, 0.5) is 0 Å². The molecule has 0 N–H and O–H groups in total. The van der Waals surface area contributed by atoms with Crippen molar-refractivity contribution in [1.29, 1.82) is 0 Å². The van der Waals surface area contributed by atoms with Crippen molar-refractivity contribution in [3.05, 3.63) is 24.3 Å². The van der Waals surface area contributed by atoms with Crippen LogP contribution in [0.15, 0.2) is 18.5 Å². The molecule has 8 heteroatoms. The monoisotopic (exact) mass is 401 g/mol. The van der Waals surface area contributed by atoms with Crippen LogP contribution in [0.25, 0.3) is 0 Å². The fourth-order valence-corrected chi connectivity index (χ4v) is 4.73. The van der Waals surface area contributed by atoms with Crippen molar-refractivity contribution in [2.45, 2.75) is 38.1 Å². The number of ether oxygens (including phenoxy) is 1. The quantitative estimate of drug-likeness (QED) is 0.735. The van der Waals surface area contributed by atoms with E-state index < -0.39 is 0 Å². The van der Waals surface area contributed by atoms with Gasteiger partial charge in [-0.1, -0.05) is 0 Å². The van der Waals surface area contributed by atoms with E-state index in [9.17, 15) is 9.59 Å². The standard InChI is InChI=1S/C21H31N5O3/c27-20(15-19-22-6-2-7-23-19)24-9-4-18(5-10-24)26-8-1-3-17(16-26)21(28)25-11-13-29-14-12-25/h2,6-7,17-18H,1,3-5,8-16H2. The van der Waals surface area contributed by atoms with Crippen LogP contribution < -0.4 is 0 Å². The Morgan fingerprint density at radius 1 is 0.966 bits per heavy atom. The van der Waals surface area contributed by atoms with Crippen molar-refractivity contribution in [3.8, 4) is 0 Å². The highest BCUT2D eigenvalue weighted by molar-refractivity contribution is 5.79. The van der Waals surface area contributed by atoms with E-state index >= 15 is 0 Å². The summed E-state index contributed by atoms with van der Waals surface area (Å²) in [6, 6.07) is 2.22. The first-order valence-corrected chi connectivity index (χ1v) is 10.8. The molecular weight excluding hydrogens is 370 g/mol. The third-order valence-electron chi connectivity index (χ3n) is 6.39. The maximum Gasteiger partial charge on any atom is 0.230 e. The summed E-state index contributed by atoms with van der Waals surface area (Å²) in [7, 11) is 0. The van der Waals surface area contributed by atoms with Crippen molar-refractivity contribution in [3.63, 3.8) is 0 Å². The summed E-state index contributed by atoms with van der Waals surface area (Å²) >= 11 is 0. The van der Waals surface area contributed by atoms with Crippen molar-refractivity contribution < 1.29 is 14.3 Å². The normalized spacial score (nSPS) is 24.5. The van der Waals surface area contributed by atoms with E-state index in [-0.39, 0.29) is 18.2 Å². The summed E-state index contributed by atoms with van der Waals surface area (Å²) in [6.07, 6.45) is 7.62. The lowest BCUT2D eigenvalue weighted by molar-refractivity contribution is -0.142. The lowest BCUT2D eigenvalue weighted by Gasteiger charge is -2.43. The van der Waals surface area contributed by atoms with Gasteiger partial charge >= 0.3 is 0 Å². The number of amides is 2. The maximum atomic E-state index is 12.9. The Balaban J connectivity index is 1.25. The van der Waals surface area contributed by atoms with Crippen LogP contribution in [0.2, 0.25) is 0 Å². The minimum atomic E-state index is 0.105. The smallest absolute Gasteiger partial charge is 0.230 e. The second-order valence-corrected chi connectivity index (χ2v) is 8.23. The molecule has 4 rings (SSSR count). The Morgan fingerprint density at radius 3 is 2.41 bits per heavy atom. The Hall–Kier alpha value is -2.06. The van der Waals surface area contributed by atoms with Gasteiger partial charge in [0, 0.05) is 51.2 Å². The number of carbonyl (C=O) groups excluding carboxylic acids is 2. The second kappa shape index (κ2) is 9.63. The molecule has 8 nitrogen and oxygen atoms in total. The Bertz CT molecular complexity index is 687. The molecule has 1 aromatic rings. The van der Waals surface area contributed by atoms with Crippen LogP contribution in [-0.2, 0) is 20.7 Å². The van der Waals surface area contributed by atoms with Gasteiger partial charge in [0.05, 0.1) is 25.6 Å². The molecular formula is C21H31N5O3. The highest BCUT2D eigenvalue weighted by Gasteiger charge is 2.34. The zero-order valence-electron chi connectivity index (χ0n) is 17.0. The lowest BCUT2D eigenvalue weighted by Crippen LogP contribution is -2.53. The molecule has 0 spiro atoms. The van der Waals surface area contributed by atoms with E-state index in [0.29, 0.717) is 31.0 Å². The van der Waals surface area contributed by atoms with Crippen molar-refractivity contribution in [2.75, 3.05) is 52.5 Å². The summed E-state index contributed by atoms with van der Waals surface area (Å²) < 4.78 is 5.38. The number of aromatic nitrogens is 2. The third kappa shape index (κ3) is 5.11. The van der Waals surface area contributed by atoms with Crippen molar-refractivity contribution >= 4 is 11.8 Å². The van der Waals surface area contributed by atoms with E-state index in [1.807, 2.05) is 9.80 Å². The van der Waals surface area contributed by atoms with Crippen LogP contribution in [-0.4, -0.2) is 95.0 Å². The van der Waals surface area contributed by atoms with Gasteiger partial charge in [-0.25, -0.2) is 9.97 Å². The molecule has 4 heterocycles. The first-order valence-electron chi connectivity index (χ1n) is 10.8. The minimum Gasteiger partial charge on any atom is -0.378 e. The van der Waals surface area contributed by atoms with Gasteiger partial charge in [-0.2, -0.15) is 0 Å². The van der Waals surface area contributed by atoms with Gasteiger partial charge in [0.15, 0.2) is 0 Å². The third-order valence-corrected chi connectivity index (χ3v) is 6.39. The van der Waals surface area contributed by atoms with Gasteiger partial charge in [-0.05, 0) is 38.3 Å². The Labute approximate surface area is 172 Å². The Morgan fingerprint density at radius 2 is 1.69 bits per heavy atom. The predicted molar refractivity (Wildman–Crippen MR) is 107 cm³/mol. The second-order valence-electron chi connectivity index (χ2n) is 8.23. The van der Waals surface area contributed by atoms with Crippen LogP contribution in [0, 0.1) is 5.92 Å². The average molecular weight is 402 g/mol. The van der Waals surface area contributed by atoms with Gasteiger partial charge < -0.3 is 14.5 Å². The van der Waals surface area contributed by atoms with Gasteiger partial charge in [-0.3, -0.25) is 14.5 Å². The highest BCUT2D eigenvalue weighted by atomic mass is 16.5. The predicted octanol–water partition coefficient (Wildman–Crippen LogP) is 0.581. The minimum absolute atomic E-state index is 0.105. The molecule has 2 amide bonds. The molecule has 0 aromatic carbocycles. The van der Waals surface area contributed by atoms with Crippen molar-refractivity contribution in [1.82, 2.24) is 24.7 Å². The van der Waals surface area contributed by atoms with Gasteiger partial charge in [0.2, 0.25) is 11.8 Å². The van der Waals surface area contributed by atoms with Crippen molar-refractivity contribution in [2.24, 2.45) is 5.92 Å². The van der Waals surface area contributed by atoms with E-state index in [2.05, 4.69) is 14.9 Å². The number of hydrogen-bond donors (Lipinski definition) is 0. The SMILES string of the molecule is O=C(Cc1ncccn1)N1CCC(N2CCCC(C(=O)N3CCOCC3)C2)CC1. The van der Waals surface area contributed by atoms with Crippen LogP contribution in [0.5, 0.6) is 0 Å². The molecule has 3 aliphatic rings. The molecule has 3 fully saturated rings. The Kier molecular flexibility index (Phi) is 6.71. The summed E-state index contributed by atoms with van der Waals surface area (Å²) in [5.74, 6) is 1.10. The van der Waals surface area contributed by atoms with Crippen LogP contribution in [0.3, 0.4) is 0 Å². The molecule has 3 saturated heterocycles. The highest BCUT2D eigenvalue weighted by Crippen LogP contribution is 2.25. The molecule has 1 unspecified atom stereocenters. The fraction of sp³-hybridized carbons (Fsp3) is 0.714. The average Bonchev–Trinajstić information content (AvgIpc) is 2.80. The molecule has 1 atom stereocenters. The van der Waals surface area contributed by atoms with Gasteiger partial charge in [-0.15, -0.1) is 0 Å². The number of morpholine rings is 1. The molecule has 158 valence electrons. The summed E-state index contributed by atoms with van der Waals surface area (Å²) in [5, 5.41) is 0. The molecule has 0 bridgehead atoms. The number of carbonyl (C=O) groups is 2. The maximum absolute atomic E-state index is 12.9. The summed E-state index contributed by atoms with van der Waals surface area (Å²) in [5.41, 5.74) is 0. The van der Waals surface area contributed by atoms with E-state index in [1.165, 1.54) is 0 Å².